The highest BCUT2D eigenvalue weighted by molar-refractivity contribution is 5.91. The Morgan fingerprint density at radius 3 is 3.00 bits per heavy atom. The van der Waals surface area contributed by atoms with Crippen molar-refractivity contribution >= 4 is 22.7 Å². The molecular formula is C15H14N4O2. The summed E-state index contributed by atoms with van der Waals surface area (Å²) >= 11 is 0. The van der Waals surface area contributed by atoms with Crippen LogP contribution in [0.5, 0.6) is 0 Å². The molecule has 1 fully saturated rings. The summed E-state index contributed by atoms with van der Waals surface area (Å²) in [6.45, 7) is 1.03. The first-order valence-electron chi connectivity index (χ1n) is 6.71. The third-order valence-electron chi connectivity index (χ3n) is 3.66. The third kappa shape index (κ3) is 2.58. The zero-order valence-corrected chi connectivity index (χ0v) is 11.3. The van der Waals surface area contributed by atoms with Crippen molar-refractivity contribution in [2.24, 2.45) is 0 Å². The van der Waals surface area contributed by atoms with Crippen LogP contribution in [0.3, 0.4) is 0 Å². The van der Waals surface area contributed by atoms with Gasteiger partial charge in [0.15, 0.2) is 0 Å². The van der Waals surface area contributed by atoms with Gasteiger partial charge in [0.25, 0.3) is 0 Å². The van der Waals surface area contributed by atoms with Crippen LogP contribution >= 0.6 is 0 Å². The molecule has 2 N–H and O–H groups in total. The van der Waals surface area contributed by atoms with E-state index in [9.17, 15) is 4.79 Å². The zero-order chi connectivity index (χ0) is 14.8. The summed E-state index contributed by atoms with van der Waals surface area (Å²) in [5, 5.41) is 22.2. The highest BCUT2D eigenvalue weighted by Crippen LogP contribution is 2.24. The van der Waals surface area contributed by atoms with E-state index in [0.29, 0.717) is 18.8 Å². The summed E-state index contributed by atoms with van der Waals surface area (Å²) in [7, 11) is 0. The largest absolute Gasteiger partial charge is 0.465 e. The van der Waals surface area contributed by atoms with Crippen molar-refractivity contribution < 1.29 is 9.90 Å². The van der Waals surface area contributed by atoms with Gasteiger partial charge in [0.1, 0.15) is 11.8 Å². The molecule has 0 spiro atoms. The van der Waals surface area contributed by atoms with E-state index >= 15 is 0 Å². The molecule has 1 aromatic carbocycles. The third-order valence-corrected chi connectivity index (χ3v) is 3.66. The summed E-state index contributed by atoms with van der Waals surface area (Å²) in [6, 6.07) is 11.4. The highest BCUT2D eigenvalue weighted by Gasteiger charge is 2.25. The standard InChI is InChI=1S/C15H14N4O2/c16-8-10-4-5-12-13(17-10)2-1-3-14(12)18-11-6-7-19(9-11)15(20)21/h1-5,11,18H,6-7,9H2,(H,20,21)/t11-/m0/s1. The Balaban J connectivity index is 1.85. The molecule has 106 valence electrons. The average molecular weight is 282 g/mol. The molecule has 1 saturated heterocycles. The molecule has 0 bridgehead atoms. The fourth-order valence-corrected chi connectivity index (χ4v) is 2.61. The lowest BCUT2D eigenvalue weighted by Gasteiger charge is -2.16. The van der Waals surface area contributed by atoms with Crippen LogP contribution in [-0.2, 0) is 0 Å². The number of likely N-dealkylation sites (tertiary alicyclic amines) is 1. The number of nitrogens with one attached hydrogen (secondary N) is 1. The van der Waals surface area contributed by atoms with Gasteiger partial charge in [-0.25, -0.2) is 9.78 Å². The topological polar surface area (TPSA) is 89.2 Å². The lowest BCUT2D eigenvalue weighted by molar-refractivity contribution is 0.155. The van der Waals surface area contributed by atoms with Gasteiger partial charge in [-0.2, -0.15) is 5.26 Å². The van der Waals surface area contributed by atoms with E-state index < -0.39 is 6.09 Å². The number of nitriles is 1. The predicted octanol–water partition coefficient (Wildman–Crippen LogP) is 2.27. The maximum absolute atomic E-state index is 10.9. The maximum atomic E-state index is 10.9. The van der Waals surface area contributed by atoms with E-state index in [2.05, 4.69) is 10.3 Å². The molecule has 3 rings (SSSR count). The predicted molar refractivity (Wildman–Crippen MR) is 78.1 cm³/mol. The molecule has 2 aromatic rings. The van der Waals surface area contributed by atoms with E-state index in [4.69, 9.17) is 10.4 Å². The SMILES string of the molecule is N#Cc1ccc2c(N[C@H]3CCN(C(=O)O)C3)cccc2n1. The van der Waals surface area contributed by atoms with Crippen LogP contribution in [-0.4, -0.2) is 40.2 Å². The van der Waals surface area contributed by atoms with E-state index in [0.717, 1.165) is 23.0 Å². The minimum Gasteiger partial charge on any atom is -0.465 e. The molecule has 2 heterocycles. The zero-order valence-electron chi connectivity index (χ0n) is 11.3. The van der Waals surface area contributed by atoms with Crippen molar-refractivity contribution in [2.75, 3.05) is 18.4 Å². The maximum Gasteiger partial charge on any atom is 0.407 e. The number of amides is 1. The second-order valence-electron chi connectivity index (χ2n) is 5.04. The minimum absolute atomic E-state index is 0.0994. The fraction of sp³-hybridized carbons (Fsp3) is 0.267. The van der Waals surface area contributed by atoms with Crippen molar-refractivity contribution in [3.8, 4) is 6.07 Å². The van der Waals surface area contributed by atoms with Gasteiger partial charge in [-0.3, -0.25) is 0 Å². The molecule has 21 heavy (non-hydrogen) atoms. The molecule has 6 heteroatoms. The van der Waals surface area contributed by atoms with Gasteiger partial charge in [0, 0.05) is 30.2 Å². The quantitative estimate of drug-likeness (QED) is 0.882. The summed E-state index contributed by atoms with van der Waals surface area (Å²) in [4.78, 5) is 16.6. The van der Waals surface area contributed by atoms with Crippen LogP contribution in [0.15, 0.2) is 30.3 Å². The van der Waals surface area contributed by atoms with E-state index in [-0.39, 0.29) is 6.04 Å². The number of carbonyl (C=O) groups is 1. The number of aromatic nitrogens is 1. The molecular weight excluding hydrogens is 268 g/mol. The summed E-state index contributed by atoms with van der Waals surface area (Å²) < 4.78 is 0. The fourth-order valence-electron chi connectivity index (χ4n) is 2.61. The molecule has 6 nitrogen and oxygen atoms in total. The summed E-state index contributed by atoms with van der Waals surface area (Å²) in [5.41, 5.74) is 2.06. The van der Waals surface area contributed by atoms with E-state index in [1.165, 1.54) is 4.90 Å². The van der Waals surface area contributed by atoms with Gasteiger partial charge < -0.3 is 15.3 Å². The van der Waals surface area contributed by atoms with Crippen LogP contribution in [0, 0.1) is 11.3 Å². The molecule has 0 saturated carbocycles. The number of benzene rings is 1. The lowest BCUT2D eigenvalue weighted by atomic mass is 10.1. The van der Waals surface area contributed by atoms with Crippen LogP contribution in [0.25, 0.3) is 10.9 Å². The number of nitrogens with zero attached hydrogens (tertiary/aromatic N) is 3. The number of rotatable bonds is 2. The van der Waals surface area contributed by atoms with Gasteiger partial charge in [-0.1, -0.05) is 6.07 Å². The highest BCUT2D eigenvalue weighted by atomic mass is 16.4. The second-order valence-corrected chi connectivity index (χ2v) is 5.04. The van der Waals surface area contributed by atoms with E-state index in [1.807, 2.05) is 30.3 Å². The van der Waals surface area contributed by atoms with Gasteiger partial charge in [-0.15, -0.1) is 0 Å². The lowest BCUT2D eigenvalue weighted by Crippen LogP contribution is -2.30. The van der Waals surface area contributed by atoms with Crippen LogP contribution < -0.4 is 5.32 Å². The Morgan fingerprint density at radius 1 is 1.43 bits per heavy atom. The Labute approximate surface area is 121 Å². The summed E-state index contributed by atoms with van der Waals surface area (Å²) in [5.74, 6) is 0. The molecule has 1 aliphatic rings. The Morgan fingerprint density at radius 2 is 2.29 bits per heavy atom. The van der Waals surface area contributed by atoms with Crippen molar-refractivity contribution in [3.05, 3.63) is 36.0 Å². The second kappa shape index (κ2) is 5.29. The normalized spacial score (nSPS) is 17.7. The van der Waals surface area contributed by atoms with Gasteiger partial charge >= 0.3 is 6.09 Å². The molecule has 1 aromatic heterocycles. The average Bonchev–Trinajstić information content (AvgIpc) is 2.96. The Kier molecular flexibility index (Phi) is 3.32. The number of pyridine rings is 1. The first-order valence-corrected chi connectivity index (χ1v) is 6.71. The Hall–Kier alpha value is -2.81. The molecule has 1 amide bonds. The first-order chi connectivity index (χ1) is 10.2. The first kappa shape index (κ1) is 13.2. The van der Waals surface area contributed by atoms with Crippen LogP contribution in [0.2, 0.25) is 0 Å². The van der Waals surface area contributed by atoms with Gasteiger partial charge in [-0.05, 0) is 30.7 Å². The number of hydrogen-bond donors (Lipinski definition) is 2. The van der Waals surface area contributed by atoms with Crippen molar-refractivity contribution in [1.82, 2.24) is 9.88 Å². The van der Waals surface area contributed by atoms with E-state index in [1.54, 1.807) is 6.07 Å². The smallest absolute Gasteiger partial charge is 0.407 e. The number of carboxylic acid groups (broad SMARTS) is 1. The number of fused-ring (bicyclic) bond motifs is 1. The number of hydrogen-bond acceptors (Lipinski definition) is 4. The minimum atomic E-state index is -0.877. The molecule has 0 aliphatic carbocycles. The van der Waals surface area contributed by atoms with Crippen molar-refractivity contribution in [2.45, 2.75) is 12.5 Å². The molecule has 0 unspecified atom stereocenters. The summed E-state index contributed by atoms with van der Waals surface area (Å²) in [6.07, 6.45) is -0.0931. The van der Waals surface area contributed by atoms with Crippen molar-refractivity contribution in [1.29, 1.82) is 5.26 Å². The van der Waals surface area contributed by atoms with Crippen LogP contribution in [0.1, 0.15) is 12.1 Å². The molecule has 1 aliphatic heterocycles. The molecule has 1 atom stereocenters. The van der Waals surface area contributed by atoms with Gasteiger partial charge in [0.05, 0.1) is 5.52 Å². The number of anilines is 1. The monoisotopic (exact) mass is 282 g/mol. The van der Waals surface area contributed by atoms with Crippen LogP contribution in [0.4, 0.5) is 10.5 Å². The van der Waals surface area contributed by atoms with Crippen molar-refractivity contribution in [3.63, 3.8) is 0 Å². The Bertz CT molecular complexity index is 738. The van der Waals surface area contributed by atoms with Gasteiger partial charge in [0.2, 0.25) is 0 Å². The molecule has 0 radical (unpaired) electrons.